The van der Waals surface area contributed by atoms with Crippen molar-refractivity contribution in [2.75, 3.05) is 6.54 Å². The van der Waals surface area contributed by atoms with Crippen LogP contribution < -0.4 is 5.32 Å². The van der Waals surface area contributed by atoms with Crippen LogP contribution in [0.4, 0.5) is 0 Å². The van der Waals surface area contributed by atoms with Gasteiger partial charge in [0.05, 0.1) is 0 Å². The quantitative estimate of drug-likeness (QED) is 0.881. The van der Waals surface area contributed by atoms with Gasteiger partial charge in [0.25, 0.3) is 0 Å². The number of nitrogens with zero attached hydrogens (tertiary/aromatic N) is 2. The Hall–Kier alpha value is -1.61. The highest BCUT2D eigenvalue weighted by Gasteiger charge is 2.29. The molecule has 0 spiro atoms. The topological polar surface area (TPSA) is 28.2 Å². The minimum Gasteiger partial charge on any atom is -0.370 e. The molecule has 0 saturated carbocycles. The third kappa shape index (κ3) is 2.56. The molecule has 2 aliphatic rings. The van der Waals surface area contributed by atoms with Crippen molar-refractivity contribution in [2.24, 2.45) is 0 Å². The molecule has 0 aromatic carbocycles. The maximum absolute atomic E-state index is 4.21. The molecule has 1 atom stereocenters. The van der Waals surface area contributed by atoms with E-state index in [-0.39, 0.29) is 0 Å². The van der Waals surface area contributed by atoms with Crippen molar-refractivity contribution in [3.05, 3.63) is 53.0 Å². The van der Waals surface area contributed by atoms with Gasteiger partial charge in [0.2, 0.25) is 0 Å². The molecule has 1 aromatic rings. The Kier molecular flexibility index (Phi) is 3.38. The molecule has 0 bridgehead atoms. The maximum atomic E-state index is 4.21. The second-order valence-electron chi connectivity index (χ2n) is 5.52. The molecule has 1 saturated heterocycles. The Morgan fingerprint density at radius 2 is 2.32 bits per heavy atom. The van der Waals surface area contributed by atoms with Gasteiger partial charge in [0.1, 0.15) is 6.17 Å². The van der Waals surface area contributed by atoms with E-state index in [2.05, 4.69) is 41.2 Å². The van der Waals surface area contributed by atoms with Crippen LogP contribution in [0, 0.1) is 0 Å². The zero-order chi connectivity index (χ0) is 13.2. The second-order valence-corrected chi connectivity index (χ2v) is 5.52. The van der Waals surface area contributed by atoms with Crippen molar-refractivity contribution < 1.29 is 0 Å². The molecule has 3 heterocycles. The van der Waals surface area contributed by atoms with E-state index in [9.17, 15) is 0 Å². The average Bonchev–Trinajstić information content (AvgIpc) is 2.41. The van der Waals surface area contributed by atoms with E-state index in [0.717, 1.165) is 13.1 Å². The van der Waals surface area contributed by atoms with Crippen LogP contribution in [-0.2, 0) is 6.54 Å². The lowest BCUT2D eigenvalue weighted by atomic mass is 9.92. The molecule has 3 heteroatoms. The van der Waals surface area contributed by atoms with Crippen molar-refractivity contribution in [3.8, 4) is 0 Å². The molecule has 19 heavy (non-hydrogen) atoms. The lowest BCUT2D eigenvalue weighted by Crippen LogP contribution is -2.50. The summed E-state index contributed by atoms with van der Waals surface area (Å²) in [5.74, 6) is 0. The summed E-state index contributed by atoms with van der Waals surface area (Å²) in [5, 5.41) is 3.63. The predicted molar refractivity (Wildman–Crippen MR) is 77.3 cm³/mol. The van der Waals surface area contributed by atoms with Crippen molar-refractivity contribution in [1.29, 1.82) is 0 Å². The minimum atomic E-state index is 0.374. The van der Waals surface area contributed by atoms with Crippen molar-refractivity contribution >= 4 is 0 Å². The molecule has 100 valence electrons. The number of pyridine rings is 1. The number of hydrogen-bond acceptors (Lipinski definition) is 3. The normalized spacial score (nSPS) is 23.7. The highest BCUT2D eigenvalue weighted by atomic mass is 15.3. The lowest BCUT2D eigenvalue weighted by molar-refractivity contribution is 0.160. The van der Waals surface area contributed by atoms with Gasteiger partial charge >= 0.3 is 0 Å². The number of allylic oxidation sites excluding steroid dienone is 3. The zero-order valence-electron chi connectivity index (χ0n) is 11.7. The fraction of sp³-hybridized carbons (Fsp3) is 0.438. The number of likely N-dealkylation sites (tertiary alicyclic amines) is 1. The van der Waals surface area contributed by atoms with Gasteiger partial charge in [0.15, 0.2) is 0 Å². The van der Waals surface area contributed by atoms with Gasteiger partial charge in [-0.2, -0.15) is 0 Å². The third-order valence-electron chi connectivity index (χ3n) is 4.00. The summed E-state index contributed by atoms with van der Waals surface area (Å²) in [6.45, 7) is 6.50. The number of nitrogens with one attached hydrogen (secondary N) is 1. The van der Waals surface area contributed by atoms with Crippen LogP contribution in [0.1, 0.15) is 32.3 Å². The fourth-order valence-corrected chi connectivity index (χ4v) is 3.12. The number of piperidine rings is 1. The molecule has 3 nitrogen and oxygen atoms in total. The summed E-state index contributed by atoms with van der Waals surface area (Å²) in [5.41, 5.74) is 5.55. The van der Waals surface area contributed by atoms with E-state index in [1.54, 1.807) is 5.57 Å². The van der Waals surface area contributed by atoms with Crippen LogP contribution in [0.15, 0.2) is 47.4 Å². The molecule has 0 amide bonds. The Bertz CT molecular complexity index is 516. The summed E-state index contributed by atoms with van der Waals surface area (Å²) in [4.78, 5) is 6.74. The molecular weight excluding hydrogens is 234 g/mol. The van der Waals surface area contributed by atoms with Gasteiger partial charge in [0, 0.05) is 31.2 Å². The van der Waals surface area contributed by atoms with E-state index in [4.69, 9.17) is 0 Å². The van der Waals surface area contributed by atoms with Crippen molar-refractivity contribution in [2.45, 2.75) is 39.4 Å². The number of aromatic nitrogens is 1. The average molecular weight is 255 g/mol. The first-order valence-electron chi connectivity index (χ1n) is 7.01. The van der Waals surface area contributed by atoms with Gasteiger partial charge in [-0.1, -0.05) is 6.07 Å². The molecular formula is C16H21N3. The summed E-state index contributed by atoms with van der Waals surface area (Å²) < 4.78 is 0. The second kappa shape index (κ2) is 5.17. The van der Waals surface area contributed by atoms with Gasteiger partial charge in [-0.05, 0) is 55.5 Å². The SMILES string of the molecule is CC1=CC(C)=C2CCCN(Cc3cccnc3)C2N1. The fourth-order valence-electron chi connectivity index (χ4n) is 3.12. The molecule has 2 aliphatic heterocycles. The van der Waals surface area contributed by atoms with E-state index in [0.29, 0.717) is 6.17 Å². The molecule has 1 N–H and O–H groups in total. The number of fused-ring (bicyclic) bond motifs is 1. The summed E-state index contributed by atoms with van der Waals surface area (Å²) in [7, 11) is 0. The van der Waals surface area contributed by atoms with Crippen LogP contribution >= 0.6 is 0 Å². The summed E-state index contributed by atoms with van der Waals surface area (Å²) in [6.07, 6.45) is 8.91. The van der Waals surface area contributed by atoms with Crippen molar-refractivity contribution in [3.63, 3.8) is 0 Å². The predicted octanol–water partition coefficient (Wildman–Crippen LogP) is 2.83. The van der Waals surface area contributed by atoms with E-state index in [1.807, 2.05) is 18.5 Å². The first kappa shape index (κ1) is 12.4. The maximum Gasteiger partial charge on any atom is 0.102 e. The van der Waals surface area contributed by atoms with Gasteiger partial charge in [-0.25, -0.2) is 0 Å². The van der Waals surface area contributed by atoms with Crippen LogP contribution in [-0.4, -0.2) is 22.6 Å². The van der Waals surface area contributed by atoms with Crippen molar-refractivity contribution in [1.82, 2.24) is 15.2 Å². The molecule has 1 unspecified atom stereocenters. The van der Waals surface area contributed by atoms with E-state index >= 15 is 0 Å². The first-order chi connectivity index (χ1) is 9.24. The first-order valence-corrected chi connectivity index (χ1v) is 7.01. The van der Waals surface area contributed by atoms with Gasteiger partial charge in [-0.3, -0.25) is 9.88 Å². The smallest absolute Gasteiger partial charge is 0.102 e. The lowest BCUT2D eigenvalue weighted by Gasteiger charge is -2.41. The summed E-state index contributed by atoms with van der Waals surface area (Å²) in [6, 6.07) is 4.17. The molecule has 1 fully saturated rings. The van der Waals surface area contributed by atoms with Crippen LogP contribution in [0.25, 0.3) is 0 Å². The Morgan fingerprint density at radius 1 is 1.42 bits per heavy atom. The Labute approximate surface area is 115 Å². The molecule has 3 rings (SSSR count). The van der Waals surface area contributed by atoms with Gasteiger partial charge < -0.3 is 5.32 Å². The number of rotatable bonds is 2. The Morgan fingerprint density at radius 3 is 3.11 bits per heavy atom. The van der Waals surface area contributed by atoms with Crippen LogP contribution in [0.2, 0.25) is 0 Å². The van der Waals surface area contributed by atoms with E-state index < -0.39 is 0 Å². The van der Waals surface area contributed by atoms with Crippen LogP contribution in [0.5, 0.6) is 0 Å². The molecule has 0 aliphatic carbocycles. The van der Waals surface area contributed by atoms with Gasteiger partial charge in [-0.15, -0.1) is 0 Å². The number of hydrogen-bond donors (Lipinski definition) is 1. The zero-order valence-corrected chi connectivity index (χ0v) is 11.7. The highest BCUT2D eigenvalue weighted by molar-refractivity contribution is 5.35. The molecule has 0 radical (unpaired) electrons. The number of dihydropyridines is 1. The standard InChI is InChI=1S/C16H21N3/c1-12-9-13(2)18-16-15(12)6-4-8-19(16)11-14-5-3-7-17-10-14/h3,5,7,9-10,16,18H,4,6,8,11H2,1-2H3. The third-order valence-corrected chi connectivity index (χ3v) is 4.00. The van der Waals surface area contributed by atoms with E-state index in [1.165, 1.54) is 29.7 Å². The monoisotopic (exact) mass is 255 g/mol. The Balaban J connectivity index is 1.82. The summed E-state index contributed by atoms with van der Waals surface area (Å²) >= 11 is 0. The highest BCUT2D eigenvalue weighted by Crippen LogP contribution is 2.29. The minimum absolute atomic E-state index is 0.374. The largest absolute Gasteiger partial charge is 0.370 e. The van der Waals surface area contributed by atoms with Crippen LogP contribution in [0.3, 0.4) is 0 Å². The molecule has 1 aromatic heterocycles.